The van der Waals surface area contributed by atoms with Crippen LogP contribution in [0.15, 0.2) is 54.2 Å². The number of halogens is 1. The van der Waals surface area contributed by atoms with E-state index in [1.54, 1.807) is 31.5 Å². The van der Waals surface area contributed by atoms with Crippen LogP contribution in [0.3, 0.4) is 0 Å². The molecule has 1 unspecified atom stereocenters. The maximum absolute atomic E-state index is 13.1. The summed E-state index contributed by atoms with van der Waals surface area (Å²) >= 11 is 1.44. The zero-order chi connectivity index (χ0) is 17.2. The topological polar surface area (TPSA) is 65.1 Å². The standard InChI is InChI=1S/C18H17FN2O2S/c1-18(23,16-3-2-8-24-16)11-21-17(22)15-10-20-9-14(15)12-4-6-13(19)7-5-12/h2-10,20,23H,11H2,1H3,(H,21,22). The number of amides is 1. The lowest BCUT2D eigenvalue weighted by molar-refractivity contribution is 0.0557. The molecule has 0 aliphatic carbocycles. The first-order chi connectivity index (χ1) is 11.5. The molecule has 0 radical (unpaired) electrons. The van der Waals surface area contributed by atoms with Gasteiger partial charge in [0.15, 0.2) is 0 Å². The summed E-state index contributed by atoms with van der Waals surface area (Å²) in [5.74, 6) is -0.625. The van der Waals surface area contributed by atoms with E-state index >= 15 is 0 Å². The Kier molecular flexibility index (Phi) is 4.51. The predicted octanol–water partition coefficient (Wildman–Crippen LogP) is 3.52. The first-order valence-electron chi connectivity index (χ1n) is 7.45. The van der Waals surface area contributed by atoms with E-state index in [-0.39, 0.29) is 18.3 Å². The van der Waals surface area contributed by atoms with Gasteiger partial charge in [0, 0.05) is 22.8 Å². The van der Waals surface area contributed by atoms with Crippen LogP contribution in [0.2, 0.25) is 0 Å². The number of hydrogen-bond acceptors (Lipinski definition) is 3. The molecule has 0 saturated heterocycles. The average molecular weight is 344 g/mol. The number of aromatic nitrogens is 1. The molecule has 1 aromatic carbocycles. The monoisotopic (exact) mass is 344 g/mol. The Morgan fingerprint density at radius 2 is 2.04 bits per heavy atom. The molecule has 3 N–H and O–H groups in total. The third kappa shape index (κ3) is 3.39. The Balaban J connectivity index is 1.75. The van der Waals surface area contributed by atoms with Gasteiger partial charge in [-0.05, 0) is 36.1 Å². The van der Waals surface area contributed by atoms with Crippen molar-refractivity contribution in [2.24, 2.45) is 0 Å². The van der Waals surface area contributed by atoms with Crippen molar-refractivity contribution >= 4 is 17.2 Å². The second-order valence-electron chi connectivity index (χ2n) is 5.72. The third-order valence-corrected chi connectivity index (χ3v) is 4.91. The molecule has 1 atom stereocenters. The highest BCUT2D eigenvalue weighted by atomic mass is 32.1. The van der Waals surface area contributed by atoms with E-state index in [2.05, 4.69) is 10.3 Å². The second-order valence-corrected chi connectivity index (χ2v) is 6.67. The summed E-state index contributed by atoms with van der Waals surface area (Å²) in [6, 6.07) is 9.64. The van der Waals surface area contributed by atoms with Gasteiger partial charge in [0.1, 0.15) is 11.4 Å². The summed E-state index contributed by atoms with van der Waals surface area (Å²) in [4.78, 5) is 16.2. The zero-order valence-corrected chi connectivity index (χ0v) is 13.9. The van der Waals surface area contributed by atoms with Crippen LogP contribution in [0.1, 0.15) is 22.2 Å². The number of thiophene rings is 1. The minimum atomic E-state index is -1.13. The lowest BCUT2D eigenvalue weighted by Crippen LogP contribution is -2.38. The highest BCUT2D eigenvalue weighted by Crippen LogP contribution is 2.26. The van der Waals surface area contributed by atoms with Crippen molar-refractivity contribution in [1.29, 1.82) is 0 Å². The van der Waals surface area contributed by atoms with Crippen molar-refractivity contribution in [3.8, 4) is 11.1 Å². The number of benzene rings is 1. The van der Waals surface area contributed by atoms with Crippen LogP contribution in [-0.2, 0) is 5.60 Å². The van der Waals surface area contributed by atoms with Gasteiger partial charge in [0.05, 0.1) is 12.1 Å². The highest BCUT2D eigenvalue weighted by molar-refractivity contribution is 7.10. The Bertz CT molecular complexity index is 823. The van der Waals surface area contributed by atoms with Gasteiger partial charge in [-0.3, -0.25) is 4.79 Å². The summed E-state index contributed by atoms with van der Waals surface area (Å²) in [6.45, 7) is 1.76. The highest BCUT2D eigenvalue weighted by Gasteiger charge is 2.25. The first kappa shape index (κ1) is 16.4. The number of aliphatic hydroxyl groups is 1. The molecule has 0 saturated carbocycles. The number of carbonyl (C=O) groups excluding carboxylic acids is 1. The van der Waals surface area contributed by atoms with Crippen LogP contribution in [0, 0.1) is 5.82 Å². The fourth-order valence-electron chi connectivity index (χ4n) is 2.44. The molecule has 2 heterocycles. The second kappa shape index (κ2) is 6.59. The number of hydrogen-bond donors (Lipinski definition) is 3. The van der Waals surface area contributed by atoms with Crippen molar-refractivity contribution < 1.29 is 14.3 Å². The summed E-state index contributed by atoms with van der Waals surface area (Å²) in [5, 5.41) is 15.1. The van der Waals surface area contributed by atoms with Gasteiger partial charge in [-0.1, -0.05) is 18.2 Å². The molecule has 2 aromatic heterocycles. The molecular formula is C18H17FN2O2S. The molecule has 1 amide bonds. The summed E-state index contributed by atoms with van der Waals surface area (Å²) in [6.07, 6.45) is 3.29. The van der Waals surface area contributed by atoms with Crippen LogP contribution < -0.4 is 5.32 Å². The maximum atomic E-state index is 13.1. The van der Waals surface area contributed by atoms with Crippen LogP contribution in [0.4, 0.5) is 4.39 Å². The van der Waals surface area contributed by atoms with Crippen LogP contribution in [0.25, 0.3) is 11.1 Å². The van der Waals surface area contributed by atoms with E-state index in [0.717, 1.165) is 10.4 Å². The summed E-state index contributed by atoms with van der Waals surface area (Å²) in [7, 11) is 0. The Morgan fingerprint density at radius 1 is 1.29 bits per heavy atom. The van der Waals surface area contributed by atoms with Gasteiger partial charge in [0.25, 0.3) is 5.91 Å². The average Bonchev–Trinajstić information content (AvgIpc) is 3.25. The molecule has 0 aliphatic heterocycles. The largest absolute Gasteiger partial charge is 0.383 e. The van der Waals surface area contributed by atoms with Crippen LogP contribution in [0.5, 0.6) is 0 Å². The molecule has 6 heteroatoms. The third-order valence-electron chi connectivity index (χ3n) is 3.79. The Labute approximate surface area is 143 Å². The van der Waals surface area contributed by atoms with Crippen molar-refractivity contribution in [3.05, 3.63) is 70.4 Å². The zero-order valence-electron chi connectivity index (χ0n) is 13.0. The molecule has 24 heavy (non-hydrogen) atoms. The van der Waals surface area contributed by atoms with Gasteiger partial charge in [-0.15, -0.1) is 11.3 Å². The van der Waals surface area contributed by atoms with Crippen molar-refractivity contribution in [2.45, 2.75) is 12.5 Å². The molecule has 0 bridgehead atoms. The van der Waals surface area contributed by atoms with Crippen LogP contribution in [-0.4, -0.2) is 22.5 Å². The minimum absolute atomic E-state index is 0.0976. The van der Waals surface area contributed by atoms with Gasteiger partial charge >= 0.3 is 0 Å². The molecule has 0 fully saturated rings. The van der Waals surface area contributed by atoms with Crippen molar-refractivity contribution in [3.63, 3.8) is 0 Å². The van der Waals surface area contributed by atoms with Crippen molar-refractivity contribution in [2.75, 3.05) is 6.54 Å². The quantitative estimate of drug-likeness (QED) is 0.663. The van der Waals surface area contributed by atoms with Gasteiger partial charge in [-0.2, -0.15) is 0 Å². The van der Waals surface area contributed by atoms with E-state index < -0.39 is 5.60 Å². The number of nitrogens with one attached hydrogen (secondary N) is 2. The maximum Gasteiger partial charge on any atom is 0.253 e. The normalized spacial score (nSPS) is 13.5. The predicted molar refractivity (Wildman–Crippen MR) is 92.4 cm³/mol. The minimum Gasteiger partial charge on any atom is -0.383 e. The molecule has 3 rings (SSSR count). The lowest BCUT2D eigenvalue weighted by Gasteiger charge is -2.22. The summed E-state index contributed by atoms with van der Waals surface area (Å²) in [5.41, 5.74) is 0.746. The fraction of sp³-hybridized carbons (Fsp3) is 0.167. The number of carbonyl (C=O) groups is 1. The van der Waals surface area contributed by atoms with E-state index in [9.17, 15) is 14.3 Å². The van der Waals surface area contributed by atoms with Gasteiger partial charge in [-0.25, -0.2) is 4.39 Å². The smallest absolute Gasteiger partial charge is 0.253 e. The first-order valence-corrected chi connectivity index (χ1v) is 8.32. The molecular weight excluding hydrogens is 327 g/mol. The Hall–Kier alpha value is -2.44. The van der Waals surface area contributed by atoms with E-state index in [1.165, 1.54) is 23.5 Å². The lowest BCUT2D eigenvalue weighted by atomic mass is 10.0. The number of rotatable bonds is 5. The Morgan fingerprint density at radius 3 is 2.71 bits per heavy atom. The van der Waals surface area contributed by atoms with Crippen LogP contribution >= 0.6 is 11.3 Å². The van der Waals surface area contributed by atoms with E-state index in [1.807, 2.05) is 17.5 Å². The number of aromatic amines is 1. The van der Waals surface area contributed by atoms with Gasteiger partial charge in [0.2, 0.25) is 0 Å². The van der Waals surface area contributed by atoms with E-state index in [4.69, 9.17) is 0 Å². The number of H-pyrrole nitrogens is 1. The molecule has 3 aromatic rings. The van der Waals surface area contributed by atoms with E-state index in [0.29, 0.717) is 11.1 Å². The SMILES string of the molecule is CC(O)(CNC(=O)c1c[nH]cc1-c1ccc(F)cc1)c1cccs1. The molecule has 0 spiro atoms. The molecule has 4 nitrogen and oxygen atoms in total. The van der Waals surface area contributed by atoms with Gasteiger partial charge < -0.3 is 15.4 Å². The molecule has 0 aliphatic rings. The van der Waals surface area contributed by atoms with Crippen molar-refractivity contribution in [1.82, 2.24) is 10.3 Å². The summed E-state index contributed by atoms with van der Waals surface area (Å²) < 4.78 is 13.1. The molecule has 124 valence electrons. The fourth-order valence-corrected chi connectivity index (χ4v) is 3.23.